The van der Waals surface area contributed by atoms with Gasteiger partial charge in [-0.25, -0.2) is 4.39 Å². The Hall–Kier alpha value is -1.38. The number of benzene rings is 2. The summed E-state index contributed by atoms with van der Waals surface area (Å²) in [5.41, 5.74) is 1.69. The fraction of sp³-hybridized carbons (Fsp3) is 0.200. The lowest BCUT2D eigenvalue weighted by atomic mass is 10.0. The fourth-order valence-corrected chi connectivity index (χ4v) is 2.14. The molecule has 0 aromatic heterocycles. The van der Waals surface area contributed by atoms with Crippen molar-refractivity contribution in [3.8, 4) is 0 Å². The van der Waals surface area contributed by atoms with Gasteiger partial charge in [-0.05, 0) is 35.7 Å². The van der Waals surface area contributed by atoms with Crippen LogP contribution in [0.1, 0.15) is 11.1 Å². The normalized spacial score (nSPS) is 12.4. The van der Waals surface area contributed by atoms with Crippen molar-refractivity contribution in [1.82, 2.24) is 0 Å². The average molecular weight is 265 g/mol. The molecule has 0 amide bonds. The maximum Gasteiger partial charge on any atom is 0.123 e. The summed E-state index contributed by atoms with van der Waals surface area (Å²) in [5, 5.41) is 10.6. The molecule has 0 saturated heterocycles. The molecule has 0 spiro atoms. The first-order valence-corrected chi connectivity index (χ1v) is 6.19. The summed E-state index contributed by atoms with van der Waals surface area (Å²) in [6, 6.07) is 13.7. The molecule has 2 aromatic rings. The Kier molecular flexibility index (Phi) is 4.34. The van der Waals surface area contributed by atoms with E-state index in [1.54, 1.807) is 18.2 Å². The predicted octanol–water partition coefficient (Wildman–Crippen LogP) is 3.63. The zero-order valence-electron chi connectivity index (χ0n) is 9.81. The smallest absolute Gasteiger partial charge is 0.123 e. The Morgan fingerprint density at radius 3 is 2.56 bits per heavy atom. The lowest BCUT2D eigenvalue weighted by molar-refractivity contribution is 0.175. The molecule has 1 N–H and O–H groups in total. The SMILES string of the molecule is OC(Cc1cccc(F)c1)Cc1ccccc1Cl. The Morgan fingerprint density at radius 2 is 1.83 bits per heavy atom. The van der Waals surface area contributed by atoms with Crippen LogP contribution in [-0.2, 0) is 12.8 Å². The van der Waals surface area contributed by atoms with Crippen LogP contribution in [-0.4, -0.2) is 11.2 Å². The Bertz CT molecular complexity index is 527. The van der Waals surface area contributed by atoms with Crippen molar-refractivity contribution in [2.45, 2.75) is 18.9 Å². The monoisotopic (exact) mass is 264 g/mol. The molecule has 0 aliphatic rings. The van der Waals surface area contributed by atoms with Crippen LogP contribution in [0.5, 0.6) is 0 Å². The largest absolute Gasteiger partial charge is 0.392 e. The van der Waals surface area contributed by atoms with Crippen LogP contribution in [0.4, 0.5) is 4.39 Å². The zero-order chi connectivity index (χ0) is 13.0. The third-order valence-corrected chi connectivity index (χ3v) is 3.14. The fourth-order valence-electron chi connectivity index (χ4n) is 1.93. The van der Waals surface area contributed by atoms with Crippen LogP contribution in [0.15, 0.2) is 48.5 Å². The van der Waals surface area contributed by atoms with Crippen LogP contribution in [0.25, 0.3) is 0 Å². The zero-order valence-corrected chi connectivity index (χ0v) is 10.6. The number of rotatable bonds is 4. The van der Waals surface area contributed by atoms with E-state index >= 15 is 0 Å². The Balaban J connectivity index is 2.01. The number of halogens is 2. The third kappa shape index (κ3) is 3.56. The first kappa shape index (κ1) is 13.1. The molecule has 2 aromatic carbocycles. The molecule has 0 bridgehead atoms. The lowest BCUT2D eigenvalue weighted by Crippen LogP contribution is -2.14. The molecule has 1 atom stereocenters. The second-order valence-electron chi connectivity index (χ2n) is 4.28. The minimum Gasteiger partial charge on any atom is -0.392 e. The van der Waals surface area contributed by atoms with Gasteiger partial charge in [0.25, 0.3) is 0 Å². The standard InChI is InChI=1S/C15H14ClFO/c16-15-7-2-1-5-12(15)10-14(18)9-11-4-3-6-13(17)8-11/h1-8,14,18H,9-10H2. The maximum absolute atomic E-state index is 13.0. The predicted molar refractivity (Wildman–Crippen MR) is 71.3 cm³/mol. The first-order chi connectivity index (χ1) is 8.65. The van der Waals surface area contributed by atoms with E-state index in [1.807, 2.05) is 18.2 Å². The molecule has 94 valence electrons. The van der Waals surface area contributed by atoms with Gasteiger partial charge in [0.15, 0.2) is 0 Å². The van der Waals surface area contributed by atoms with Gasteiger partial charge in [0.2, 0.25) is 0 Å². The van der Waals surface area contributed by atoms with Gasteiger partial charge in [-0.15, -0.1) is 0 Å². The number of aliphatic hydroxyl groups excluding tert-OH is 1. The van der Waals surface area contributed by atoms with Crippen molar-refractivity contribution in [2.75, 3.05) is 0 Å². The second-order valence-corrected chi connectivity index (χ2v) is 4.69. The lowest BCUT2D eigenvalue weighted by Gasteiger charge is -2.11. The van der Waals surface area contributed by atoms with Crippen molar-refractivity contribution in [2.24, 2.45) is 0 Å². The summed E-state index contributed by atoms with van der Waals surface area (Å²) < 4.78 is 13.0. The van der Waals surface area contributed by atoms with Crippen LogP contribution in [0.2, 0.25) is 5.02 Å². The summed E-state index contributed by atoms with van der Waals surface area (Å²) in [6.07, 6.45) is 0.325. The van der Waals surface area contributed by atoms with Gasteiger partial charge in [-0.1, -0.05) is 41.9 Å². The molecule has 0 radical (unpaired) electrons. The van der Waals surface area contributed by atoms with Gasteiger partial charge < -0.3 is 5.11 Å². The summed E-state index contributed by atoms with van der Waals surface area (Å²) in [6.45, 7) is 0. The van der Waals surface area contributed by atoms with E-state index in [0.717, 1.165) is 11.1 Å². The minimum atomic E-state index is -0.563. The van der Waals surface area contributed by atoms with Gasteiger partial charge in [0.05, 0.1) is 6.10 Å². The average Bonchev–Trinajstić information content (AvgIpc) is 2.32. The van der Waals surface area contributed by atoms with E-state index < -0.39 is 6.10 Å². The van der Waals surface area contributed by atoms with E-state index in [2.05, 4.69) is 0 Å². The number of aliphatic hydroxyl groups is 1. The van der Waals surface area contributed by atoms with Crippen LogP contribution in [0, 0.1) is 5.82 Å². The Morgan fingerprint density at radius 1 is 1.06 bits per heavy atom. The molecule has 1 nitrogen and oxygen atoms in total. The minimum absolute atomic E-state index is 0.280. The van der Waals surface area contributed by atoms with E-state index in [1.165, 1.54) is 12.1 Å². The van der Waals surface area contributed by atoms with Crippen molar-refractivity contribution >= 4 is 11.6 Å². The van der Waals surface area contributed by atoms with Gasteiger partial charge in [-0.3, -0.25) is 0 Å². The Labute approximate surface area is 111 Å². The summed E-state index contributed by atoms with van der Waals surface area (Å²) >= 11 is 6.03. The van der Waals surface area contributed by atoms with E-state index in [-0.39, 0.29) is 5.82 Å². The molecule has 2 rings (SSSR count). The maximum atomic E-state index is 13.0. The van der Waals surface area contributed by atoms with Crippen molar-refractivity contribution < 1.29 is 9.50 Å². The number of hydrogen-bond acceptors (Lipinski definition) is 1. The molecule has 0 saturated carbocycles. The summed E-state index contributed by atoms with van der Waals surface area (Å²) in [4.78, 5) is 0. The van der Waals surface area contributed by atoms with Crippen LogP contribution >= 0.6 is 11.6 Å². The van der Waals surface area contributed by atoms with Crippen LogP contribution in [0.3, 0.4) is 0 Å². The molecular formula is C15H14ClFO. The van der Waals surface area contributed by atoms with Gasteiger partial charge in [0.1, 0.15) is 5.82 Å². The molecule has 1 unspecified atom stereocenters. The molecule has 3 heteroatoms. The molecule has 0 aliphatic carbocycles. The van der Waals surface area contributed by atoms with Crippen LogP contribution < -0.4 is 0 Å². The van der Waals surface area contributed by atoms with E-state index in [4.69, 9.17) is 11.6 Å². The van der Waals surface area contributed by atoms with Crippen molar-refractivity contribution in [1.29, 1.82) is 0 Å². The molecule has 0 aliphatic heterocycles. The van der Waals surface area contributed by atoms with Gasteiger partial charge in [0, 0.05) is 11.4 Å². The molecule has 0 fully saturated rings. The summed E-state index contributed by atoms with van der Waals surface area (Å²) in [7, 11) is 0. The molecule has 0 heterocycles. The van der Waals surface area contributed by atoms with Gasteiger partial charge in [-0.2, -0.15) is 0 Å². The molecule has 18 heavy (non-hydrogen) atoms. The first-order valence-electron chi connectivity index (χ1n) is 5.81. The van der Waals surface area contributed by atoms with E-state index in [0.29, 0.717) is 17.9 Å². The van der Waals surface area contributed by atoms with Crippen molar-refractivity contribution in [3.63, 3.8) is 0 Å². The third-order valence-electron chi connectivity index (χ3n) is 2.77. The topological polar surface area (TPSA) is 20.2 Å². The highest BCUT2D eigenvalue weighted by molar-refractivity contribution is 6.31. The van der Waals surface area contributed by atoms with E-state index in [9.17, 15) is 9.50 Å². The van der Waals surface area contributed by atoms with Gasteiger partial charge >= 0.3 is 0 Å². The molecular weight excluding hydrogens is 251 g/mol. The highest BCUT2D eigenvalue weighted by atomic mass is 35.5. The highest BCUT2D eigenvalue weighted by Gasteiger charge is 2.09. The summed E-state index contributed by atoms with van der Waals surface area (Å²) in [5.74, 6) is -0.280. The quantitative estimate of drug-likeness (QED) is 0.894. The number of hydrogen-bond donors (Lipinski definition) is 1. The highest BCUT2D eigenvalue weighted by Crippen LogP contribution is 2.18. The second kappa shape index (κ2) is 5.98. The van der Waals surface area contributed by atoms with Crippen molar-refractivity contribution in [3.05, 3.63) is 70.5 Å².